The van der Waals surface area contributed by atoms with Crippen LogP contribution in [0.25, 0.3) is 0 Å². The van der Waals surface area contributed by atoms with Crippen LogP contribution in [0.15, 0.2) is 0 Å². The van der Waals surface area contributed by atoms with Crippen molar-refractivity contribution in [1.29, 1.82) is 0 Å². The van der Waals surface area contributed by atoms with E-state index in [-0.39, 0.29) is 6.10 Å². The molecule has 0 aliphatic rings. The summed E-state index contributed by atoms with van der Waals surface area (Å²) in [6, 6.07) is 0. The smallest absolute Gasteiger partial charge is 0.0524 e. The van der Waals surface area contributed by atoms with Crippen LogP contribution >= 0.6 is 0 Å². The molecule has 0 saturated heterocycles. The molecule has 0 amide bonds. The molecule has 110 valence electrons. The van der Waals surface area contributed by atoms with Crippen LogP contribution in [0.3, 0.4) is 0 Å². The summed E-state index contributed by atoms with van der Waals surface area (Å²) < 4.78 is 0. The Morgan fingerprint density at radius 2 is 1.28 bits per heavy atom. The quantitative estimate of drug-likeness (QED) is 0.456. The maximum atomic E-state index is 9.09. The van der Waals surface area contributed by atoms with Crippen molar-refractivity contribution >= 4 is 0 Å². The minimum Gasteiger partial charge on any atom is -0.393 e. The van der Waals surface area contributed by atoms with E-state index < -0.39 is 0 Å². The summed E-state index contributed by atoms with van der Waals surface area (Å²) >= 11 is 0. The number of nitrogens with one attached hydrogen (secondary N) is 1. The average molecular weight is 257 g/mol. The third-order valence-electron chi connectivity index (χ3n) is 3.45. The Labute approximate surface area is 115 Å². The molecule has 0 fully saturated rings. The van der Waals surface area contributed by atoms with Crippen LogP contribution in [0.5, 0.6) is 0 Å². The van der Waals surface area contributed by atoms with Gasteiger partial charge in [0.05, 0.1) is 6.10 Å². The van der Waals surface area contributed by atoms with E-state index in [9.17, 15) is 0 Å². The van der Waals surface area contributed by atoms with E-state index in [1.807, 2.05) is 6.92 Å². The average Bonchev–Trinajstić information content (AvgIpc) is 2.34. The maximum absolute atomic E-state index is 9.09. The fourth-order valence-corrected chi connectivity index (χ4v) is 2.17. The molecule has 0 rings (SSSR count). The van der Waals surface area contributed by atoms with E-state index >= 15 is 0 Å². The topological polar surface area (TPSA) is 32.3 Å². The second-order valence-corrected chi connectivity index (χ2v) is 5.57. The second kappa shape index (κ2) is 15.0. The third kappa shape index (κ3) is 15.9. The van der Waals surface area contributed by atoms with Crippen molar-refractivity contribution in [3.05, 3.63) is 0 Å². The molecule has 2 nitrogen and oxygen atoms in total. The third-order valence-corrected chi connectivity index (χ3v) is 3.45. The predicted molar refractivity (Wildman–Crippen MR) is 81.0 cm³/mol. The van der Waals surface area contributed by atoms with Crippen LogP contribution in [-0.4, -0.2) is 24.3 Å². The van der Waals surface area contributed by atoms with Crippen LogP contribution < -0.4 is 5.32 Å². The number of rotatable bonds is 14. The molecule has 1 atom stereocenters. The van der Waals surface area contributed by atoms with Crippen LogP contribution in [0.1, 0.15) is 84.5 Å². The van der Waals surface area contributed by atoms with Crippen molar-refractivity contribution in [3.63, 3.8) is 0 Å². The molecule has 0 aromatic rings. The number of unbranched alkanes of at least 4 members (excludes halogenated alkanes) is 9. The van der Waals surface area contributed by atoms with E-state index in [2.05, 4.69) is 12.2 Å². The van der Waals surface area contributed by atoms with Gasteiger partial charge in [-0.05, 0) is 32.9 Å². The highest BCUT2D eigenvalue weighted by Crippen LogP contribution is 2.10. The van der Waals surface area contributed by atoms with Gasteiger partial charge in [-0.2, -0.15) is 0 Å². The zero-order valence-electron chi connectivity index (χ0n) is 12.7. The largest absolute Gasteiger partial charge is 0.393 e. The van der Waals surface area contributed by atoms with Gasteiger partial charge in [-0.25, -0.2) is 0 Å². The van der Waals surface area contributed by atoms with E-state index in [0.717, 1.165) is 19.5 Å². The minimum atomic E-state index is -0.162. The van der Waals surface area contributed by atoms with E-state index in [0.29, 0.717) is 0 Å². The molecule has 2 N–H and O–H groups in total. The molecule has 2 heteroatoms. The fourth-order valence-electron chi connectivity index (χ4n) is 2.17. The Bertz CT molecular complexity index is 148. The van der Waals surface area contributed by atoms with Crippen LogP contribution in [-0.2, 0) is 0 Å². The van der Waals surface area contributed by atoms with Gasteiger partial charge in [0, 0.05) is 0 Å². The van der Waals surface area contributed by atoms with E-state index in [1.54, 1.807) is 0 Å². The van der Waals surface area contributed by atoms with Crippen molar-refractivity contribution in [1.82, 2.24) is 5.32 Å². The van der Waals surface area contributed by atoms with Crippen molar-refractivity contribution < 1.29 is 5.11 Å². The summed E-state index contributed by atoms with van der Waals surface area (Å²) in [6.07, 6.45) is 14.7. The minimum absolute atomic E-state index is 0.162. The first-order valence-electron chi connectivity index (χ1n) is 8.16. The maximum Gasteiger partial charge on any atom is 0.0524 e. The summed E-state index contributed by atoms with van der Waals surface area (Å²) in [4.78, 5) is 0. The van der Waals surface area contributed by atoms with E-state index in [1.165, 1.54) is 64.2 Å². The van der Waals surface area contributed by atoms with Gasteiger partial charge < -0.3 is 10.4 Å². The first kappa shape index (κ1) is 17.9. The van der Waals surface area contributed by atoms with Gasteiger partial charge in [-0.15, -0.1) is 0 Å². The van der Waals surface area contributed by atoms with Gasteiger partial charge in [-0.1, -0.05) is 64.7 Å². The lowest BCUT2D eigenvalue weighted by Crippen LogP contribution is -2.20. The summed E-state index contributed by atoms with van der Waals surface area (Å²) in [5.41, 5.74) is 0. The monoisotopic (exact) mass is 257 g/mol. The standard InChI is InChI=1S/C16H35NO/c1-3-4-5-6-7-8-9-10-11-12-14-17-15-13-16(2)18/h16-18H,3-15H2,1-2H3. The molecule has 0 radical (unpaired) electrons. The number of hydrogen-bond acceptors (Lipinski definition) is 2. The van der Waals surface area contributed by atoms with Gasteiger partial charge in [0.15, 0.2) is 0 Å². The van der Waals surface area contributed by atoms with Crippen LogP contribution in [0.2, 0.25) is 0 Å². The molecule has 0 aliphatic carbocycles. The Balaban J connectivity index is 2.90. The number of aliphatic hydroxyl groups is 1. The van der Waals surface area contributed by atoms with Gasteiger partial charge in [0.2, 0.25) is 0 Å². The lowest BCUT2D eigenvalue weighted by molar-refractivity contribution is 0.184. The SMILES string of the molecule is CCCCCCCCCCCCNCCC(C)O. The van der Waals surface area contributed by atoms with Gasteiger partial charge in [0.25, 0.3) is 0 Å². The summed E-state index contributed by atoms with van der Waals surface area (Å²) in [5, 5.41) is 12.5. The van der Waals surface area contributed by atoms with Gasteiger partial charge in [0.1, 0.15) is 0 Å². The van der Waals surface area contributed by atoms with Crippen molar-refractivity contribution in [2.24, 2.45) is 0 Å². The van der Waals surface area contributed by atoms with Crippen molar-refractivity contribution in [2.45, 2.75) is 90.6 Å². The molecule has 0 aromatic carbocycles. The molecular weight excluding hydrogens is 222 g/mol. The Morgan fingerprint density at radius 3 is 1.78 bits per heavy atom. The number of aliphatic hydroxyl groups excluding tert-OH is 1. The first-order chi connectivity index (χ1) is 8.77. The normalized spacial score (nSPS) is 12.8. The molecule has 1 unspecified atom stereocenters. The first-order valence-corrected chi connectivity index (χ1v) is 8.16. The fraction of sp³-hybridized carbons (Fsp3) is 1.00. The van der Waals surface area contributed by atoms with Crippen LogP contribution in [0, 0.1) is 0 Å². The molecule has 0 aromatic heterocycles. The van der Waals surface area contributed by atoms with E-state index in [4.69, 9.17) is 5.11 Å². The zero-order chi connectivity index (χ0) is 13.5. The molecule has 0 spiro atoms. The van der Waals surface area contributed by atoms with Gasteiger partial charge in [-0.3, -0.25) is 0 Å². The second-order valence-electron chi connectivity index (χ2n) is 5.57. The Morgan fingerprint density at radius 1 is 0.778 bits per heavy atom. The molecule has 0 saturated carbocycles. The highest BCUT2D eigenvalue weighted by atomic mass is 16.3. The molecule has 18 heavy (non-hydrogen) atoms. The lowest BCUT2D eigenvalue weighted by atomic mass is 10.1. The van der Waals surface area contributed by atoms with Crippen LogP contribution in [0.4, 0.5) is 0 Å². The highest BCUT2D eigenvalue weighted by Gasteiger charge is 1.95. The predicted octanol–water partition coefficient (Wildman–Crippen LogP) is 4.27. The summed E-state index contributed by atoms with van der Waals surface area (Å²) in [6.45, 7) is 6.19. The Kier molecular flexibility index (Phi) is 14.9. The molecular formula is C16H35NO. The summed E-state index contributed by atoms with van der Waals surface area (Å²) in [5.74, 6) is 0. The molecule has 0 bridgehead atoms. The molecule has 0 aliphatic heterocycles. The zero-order valence-corrected chi connectivity index (χ0v) is 12.7. The molecule has 0 heterocycles. The Hall–Kier alpha value is -0.0800. The van der Waals surface area contributed by atoms with Gasteiger partial charge >= 0.3 is 0 Å². The van der Waals surface area contributed by atoms with Crippen molar-refractivity contribution in [2.75, 3.05) is 13.1 Å². The lowest BCUT2D eigenvalue weighted by Gasteiger charge is -2.06. The highest BCUT2D eigenvalue weighted by molar-refractivity contribution is 4.53. The number of hydrogen-bond donors (Lipinski definition) is 2. The summed E-state index contributed by atoms with van der Waals surface area (Å²) in [7, 11) is 0. The van der Waals surface area contributed by atoms with Crippen molar-refractivity contribution in [3.8, 4) is 0 Å².